The van der Waals surface area contributed by atoms with Gasteiger partial charge in [-0.15, -0.1) is 0 Å². The summed E-state index contributed by atoms with van der Waals surface area (Å²) in [6.07, 6.45) is 0. The number of hydrogen-bond donors (Lipinski definition) is 2. The summed E-state index contributed by atoms with van der Waals surface area (Å²) in [4.78, 5) is 6.41. The summed E-state index contributed by atoms with van der Waals surface area (Å²) < 4.78 is 5.01. The minimum absolute atomic E-state index is 0.145. The molecule has 0 radical (unpaired) electrons. The Hall–Kier alpha value is -1.92. The summed E-state index contributed by atoms with van der Waals surface area (Å²) in [7, 11) is 0. The van der Waals surface area contributed by atoms with Gasteiger partial charge in [0.25, 0.3) is 0 Å². The van der Waals surface area contributed by atoms with Crippen molar-refractivity contribution in [2.24, 2.45) is 5.73 Å². The zero-order valence-electron chi connectivity index (χ0n) is 11.8. The molecule has 0 saturated carbocycles. The number of benzene rings is 1. The molecule has 0 saturated heterocycles. The normalized spacial score (nSPS) is 12.8. The average Bonchev–Trinajstić information content (AvgIpc) is 2.91. The molecule has 6 nitrogen and oxygen atoms in total. The highest BCUT2D eigenvalue weighted by atomic mass is 16.5. The maximum atomic E-state index is 9.57. The molecule has 1 unspecified atom stereocenters. The molecule has 0 fully saturated rings. The molecule has 1 heterocycles. The summed E-state index contributed by atoms with van der Waals surface area (Å²) in [5.41, 5.74) is 6.51. The van der Waals surface area contributed by atoms with Gasteiger partial charge in [0.1, 0.15) is 5.75 Å². The van der Waals surface area contributed by atoms with Crippen LogP contribution in [0.2, 0.25) is 0 Å². The van der Waals surface area contributed by atoms with E-state index in [1.165, 1.54) is 0 Å². The van der Waals surface area contributed by atoms with E-state index in [1.807, 2.05) is 12.1 Å². The number of phenolic OH excluding ortho intramolecular Hbond substituents is 1. The number of hydrogen-bond acceptors (Lipinski definition) is 6. The Kier molecular flexibility index (Phi) is 4.70. The molecule has 0 aliphatic rings. The van der Waals surface area contributed by atoms with Gasteiger partial charge >= 0.3 is 0 Å². The summed E-state index contributed by atoms with van der Waals surface area (Å²) >= 11 is 0. The monoisotopic (exact) mass is 276 g/mol. The third kappa shape index (κ3) is 3.34. The Morgan fingerprint density at radius 2 is 2.25 bits per heavy atom. The van der Waals surface area contributed by atoms with Crippen LogP contribution >= 0.6 is 0 Å². The van der Waals surface area contributed by atoms with E-state index < -0.39 is 0 Å². The topological polar surface area (TPSA) is 88.4 Å². The number of nitrogens with two attached hydrogens (primary N) is 1. The summed E-state index contributed by atoms with van der Waals surface area (Å²) in [6.45, 7) is 5.83. The summed E-state index contributed by atoms with van der Waals surface area (Å²) in [5.74, 6) is 1.34. The molecule has 0 spiro atoms. The van der Waals surface area contributed by atoms with E-state index in [4.69, 9.17) is 10.3 Å². The molecule has 1 aromatic heterocycles. The quantitative estimate of drug-likeness (QED) is 0.836. The predicted molar refractivity (Wildman–Crippen MR) is 74.8 cm³/mol. The fraction of sp³-hybridized carbons (Fsp3) is 0.429. The van der Waals surface area contributed by atoms with Gasteiger partial charge in [-0.25, -0.2) is 0 Å². The highest BCUT2D eigenvalue weighted by Crippen LogP contribution is 2.24. The van der Waals surface area contributed by atoms with Gasteiger partial charge in [-0.2, -0.15) is 4.98 Å². The third-order valence-electron chi connectivity index (χ3n) is 3.34. The molecule has 0 aliphatic carbocycles. The van der Waals surface area contributed by atoms with E-state index >= 15 is 0 Å². The molecular formula is C14H20N4O2. The first-order valence-electron chi connectivity index (χ1n) is 6.68. The molecule has 108 valence electrons. The Morgan fingerprint density at radius 3 is 2.85 bits per heavy atom. The Balaban J connectivity index is 2.11. The molecule has 1 atom stereocenters. The molecular weight excluding hydrogens is 256 g/mol. The lowest BCUT2D eigenvalue weighted by atomic mass is 10.1. The molecule has 0 aliphatic heterocycles. The van der Waals surface area contributed by atoms with Crippen molar-refractivity contribution in [1.29, 1.82) is 0 Å². The lowest BCUT2D eigenvalue weighted by molar-refractivity contribution is 0.204. The Labute approximate surface area is 118 Å². The summed E-state index contributed by atoms with van der Waals surface area (Å²) in [5, 5.41) is 13.5. The van der Waals surface area contributed by atoms with Crippen molar-refractivity contribution in [2.45, 2.75) is 33.0 Å². The smallest absolute Gasteiger partial charge is 0.240 e. The van der Waals surface area contributed by atoms with E-state index in [-0.39, 0.29) is 18.3 Å². The average molecular weight is 276 g/mol. The van der Waals surface area contributed by atoms with Crippen LogP contribution in [0.1, 0.15) is 37.2 Å². The number of aromatic hydroxyl groups is 1. The van der Waals surface area contributed by atoms with Crippen molar-refractivity contribution in [3.05, 3.63) is 41.5 Å². The van der Waals surface area contributed by atoms with E-state index in [0.717, 1.165) is 12.1 Å². The molecule has 6 heteroatoms. The fourth-order valence-electron chi connectivity index (χ4n) is 2.14. The third-order valence-corrected chi connectivity index (χ3v) is 3.34. The van der Waals surface area contributed by atoms with Gasteiger partial charge in [0.2, 0.25) is 5.89 Å². The molecule has 1 aromatic carbocycles. The first kappa shape index (κ1) is 14.5. The van der Waals surface area contributed by atoms with E-state index in [0.29, 0.717) is 18.3 Å². The van der Waals surface area contributed by atoms with Gasteiger partial charge in [-0.1, -0.05) is 24.2 Å². The SMILES string of the molecule is CCN(Cc1noc(CN)n1)C(C)c1cccc(O)c1. The van der Waals surface area contributed by atoms with Gasteiger partial charge in [-0.05, 0) is 31.2 Å². The minimum Gasteiger partial charge on any atom is -0.508 e. The van der Waals surface area contributed by atoms with Crippen LogP contribution in [0.5, 0.6) is 5.75 Å². The second-order valence-electron chi connectivity index (χ2n) is 4.64. The maximum absolute atomic E-state index is 9.57. The first-order chi connectivity index (χ1) is 9.63. The van der Waals surface area contributed by atoms with Gasteiger partial charge in [0, 0.05) is 6.04 Å². The van der Waals surface area contributed by atoms with Crippen LogP contribution in [0.4, 0.5) is 0 Å². The lowest BCUT2D eigenvalue weighted by Crippen LogP contribution is -2.26. The maximum Gasteiger partial charge on any atom is 0.240 e. The Morgan fingerprint density at radius 1 is 1.45 bits per heavy atom. The molecule has 2 rings (SSSR count). The molecule has 2 aromatic rings. The van der Waals surface area contributed by atoms with Crippen LogP contribution < -0.4 is 5.73 Å². The number of aromatic nitrogens is 2. The van der Waals surface area contributed by atoms with Crippen molar-refractivity contribution in [1.82, 2.24) is 15.0 Å². The van der Waals surface area contributed by atoms with E-state index in [9.17, 15) is 5.11 Å². The molecule has 0 bridgehead atoms. The van der Waals surface area contributed by atoms with Crippen molar-refractivity contribution in [3.63, 3.8) is 0 Å². The van der Waals surface area contributed by atoms with Crippen molar-refractivity contribution in [2.75, 3.05) is 6.54 Å². The van der Waals surface area contributed by atoms with Crippen molar-refractivity contribution < 1.29 is 9.63 Å². The lowest BCUT2D eigenvalue weighted by Gasteiger charge is -2.26. The zero-order valence-corrected chi connectivity index (χ0v) is 11.8. The van der Waals surface area contributed by atoms with Crippen molar-refractivity contribution in [3.8, 4) is 5.75 Å². The van der Waals surface area contributed by atoms with Gasteiger partial charge in [-0.3, -0.25) is 4.90 Å². The zero-order chi connectivity index (χ0) is 14.5. The van der Waals surface area contributed by atoms with Crippen LogP contribution in [0, 0.1) is 0 Å². The molecule has 20 heavy (non-hydrogen) atoms. The van der Waals surface area contributed by atoms with Crippen LogP contribution in [-0.4, -0.2) is 26.7 Å². The van der Waals surface area contributed by atoms with Crippen LogP contribution in [-0.2, 0) is 13.1 Å². The largest absolute Gasteiger partial charge is 0.508 e. The van der Waals surface area contributed by atoms with E-state index in [2.05, 4.69) is 28.9 Å². The van der Waals surface area contributed by atoms with Gasteiger partial charge in [0.15, 0.2) is 5.82 Å². The minimum atomic E-state index is 0.145. The van der Waals surface area contributed by atoms with Crippen molar-refractivity contribution >= 4 is 0 Å². The summed E-state index contributed by atoms with van der Waals surface area (Å²) in [6, 6.07) is 7.42. The molecule has 0 amide bonds. The van der Waals surface area contributed by atoms with E-state index in [1.54, 1.807) is 12.1 Å². The van der Waals surface area contributed by atoms with Gasteiger partial charge < -0.3 is 15.4 Å². The molecule has 3 N–H and O–H groups in total. The van der Waals surface area contributed by atoms with Crippen LogP contribution in [0.25, 0.3) is 0 Å². The number of phenols is 1. The number of nitrogens with zero attached hydrogens (tertiary/aromatic N) is 3. The second-order valence-corrected chi connectivity index (χ2v) is 4.64. The standard InChI is InChI=1S/C14H20N4O2/c1-3-18(9-13-16-14(8-15)20-17-13)10(2)11-5-4-6-12(19)7-11/h4-7,10,19H,3,8-9,15H2,1-2H3. The van der Waals surface area contributed by atoms with Crippen LogP contribution in [0.3, 0.4) is 0 Å². The van der Waals surface area contributed by atoms with Crippen LogP contribution in [0.15, 0.2) is 28.8 Å². The van der Waals surface area contributed by atoms with Gasteiger partial charge in [0.05, 0.1) is 13.1 Å². The number of rotatable bonds is 6. The fourth-order valence-corrected chi connectivity index (χ4v) is 2.14. The highest BCUT2D eigenvalue weighted by molar-refractivity contribution is 5.29. The highest BCUT2D eigenvalue weighted by Gasteiger charge is 2.17. The Bertz CT molecular complexity index is 556. The predicted octanol–water partition coefficient (Wildman–Crippen LogP) is 1.82. The first-order valence-corrected chi connectivity index (χ1v) is 6.68. The second kappa shape index (κ2) is 6.49.